The van der Waals surface area contributed by atoms with E-state index in [9.17, 15) is 40.7 Å². The van der Waals surface area contributed by atoms with Crippen molar-refractivity contribution in [1.82, 2.24) is 24.1 Å². The first-order valence-electron chi connectivity index (χ1n) is 18.1. The molecule has 1 aliphatic carbocycles. The zero-order valence-electron chi connectivity index (χ0n) is 32.5. The van der Waals surface area contributed by atoms with Gasteiger partial charge in [-0.1, -0.05) is 19.9 Å². The Morgan fingerprint density at radius 3 is 1.98 bits per heavy atom. The number of benzene rings is 1. The summed E-state index contributed by atoms with van der Waals surface area (Å²) in [5, 5.41) is 19.6. The lowest BCUT2D eigenvalue weighted by atomic mass is 9.87. The van der Waals surface area contributed by atoms with Crippen molar-refractivity contribution in [2.75, 3.05) is 19.6 Å². The molecular formula is C37H43F6N7O9. The van der Waals surface area contributed by atoms with Gasteiger partial charge in [0, 0.05) is 24.1 Å². The number of carboxylic acids is 2. The van der Waals surface area contributed by atoms with Gasteiger partial charge >= 0.3 is 36.4 Å². The monoisotopic (exact) mass is 843 g/mol. The third-order valence-electron chi connectivity index (χ3n) is 9.83. The van der Waals surface area contributed by atoms with Gasteiger partial charge in [-0.3, -0.25) is 9.69 Å². The average Bonchev–Trinajstić information content (AvgIpc) is 3.54. The predicted octanol–water partition coefficient (Wildman–Crippen LogP) is 5.39. The molecule has 2 fully saturated rings. The molecule has 1 aromatic carbocycles. The number of halogens is 6. The number of primary amides is 1. The molecule has 0 spiro atoms. The second-order valence-electron chi connectivity index (χ2n) is 14.5. The minimum atomic E-state index is -5.08. The summed E-state index contributed by atoms with van der Waals surface area (Å²) in [6.07, 6.45) is -5.65. The molecule has 2 aliphatic rings. The van der Waals surface area contributed by atoms with Gasteiger partial charge in [0.15, 0.2) is 5.65 Å². The Kier molecular flexibility index (Phi) is 13.7. The van der Waals surface area contributed by atoms with Gasteiger partial charge in [0.1, 0.15) is 11.9 Å². The number of pyridine rings is 1. The topological polar surface area (TPSA) is 235 Å². The number of nitrogens with zero attached hydrogens (tertiary/aromatic N) is 5. The number of alkyl halides is 6. The lowest BCUT2D eigenvalue weighted by Crippen LogP contribution is -2.39. The summed E-state index contributed by atoms with van der Waals surface area (Å²) in [4.78, 5) is 62.4. The lowest BCUT2D eigenvalue weighted by Gasteiger charge is -2.31. The van der Waals surface area contributed by atoms with Crippen LogP contribution in [0.5, 0.6) is 0 Å². The third-order valence-corrected chi connectivity index (χ3v) is 9.83. The van der Waals surface area contributed by atoms with Crippen molar-refractivity contribution in [3.05, 3.63) is 53.0 Å². The molecule has 0 bridgehead atoms. The maximum Gasteiger partial charge on any atom is 0.490 e. The Labute approximate surface area is 332 Å². The van der Waals surface area contributed by atoms with Gasteiger partial charge in [-0.25, -0.2) is 33.2 Å². The third kappa shape index (κ3) is 10.8. The SMILES string of the molecule is Cc1c(-c2c(C(C)C)c3cc(C4CCN(CC(N)=O)CC4)ccc3n2C(=O)OC(C)OC(=O)C2(N)CC2)cn2ncnc2c1C.O=C(O)C(F)(F)F.O=C(O)C(F)(F)F. The number of aryl methyl sites for hydroxylation is 1. The van der Waals surface area contributed by atoms with Crippen molar-refractivity contribution in [3.8, 4) is 11.3 Å². The van der Waals surface area contributed by atoms with Crippen LogP contribution in [0.1, 0.15) is 80.5 Å². The van der Waals surface area contributed by atoms with Crippen LogP contribution < -0.4 is 11.5 Å². The normalized spacial score (nSPS) is 16.1. The van der Waals surface area contributed by atoms with E-state index in [2.05, 4.69) is 41.0 Å². The van der Waals surface area contributed by atoms with E-state index in [1.54, 1.807) is 9.08 Å². The zero-order valence-corrected chi connectivity index (χ0v) is 32.5. The van der Waals surface area contributed by atoms with E-state index in [0.717, 1.165) is 59.2 Å². The first-order valence-corrected chi connectivity index (χ1v) is 18.1. The smallest absolute Gasteiger partial charge is 0.475 e. The van der Waals surface area contributed by atoms with Gasteiger partial charge in [-0.2, -0.15) is 31.4 Å². The average molecular weight is 844 g/mol. The molecular weight excluding hydrogens is 800 g/mol. The fraction of sp³-hybridized carbons (Fsp3) is 0.486. The summed E-state index contributed by atoms with van der Waals surface area (Å²) in [6, 6.07) is 6.24. The first-order chi connectivity index (χ1) is 27.3. The van der Waals surface area contributed by atoms with Crippen molar-refractivity contribution in [2.45, 2.75) is 96.3 Å². The van der Waals surface area contributed by atoms with Crippen LogP contribution in [-0.2, 0) is 28.7 Å². The molecule has 3 aromatic heterocycles. The molecule has 22 heteroatoms. The van der Waals surface area contributed by atoms with Gasteiger partial charge in [0.2, 0.25) is 12.2 Å². The Hall–Kier alpha value is -5.77. The number of piperidine rings is 1. The number of rotatable bonds is 8. The summed E-state index contributed by atoms with van der Waals surface area (Å²) in [6.45, 7) is 11.6. The second kappa shape index (κ2) is 17.6. The zero-order chi connectivity index (χ0) is 44.4. The highest BCUT2D eigenvalue weighted by Gasteiger charge is 2.48. The maximum absolute atomic E-state index is 14.1. The lowest BCUT2D eigenvalue weighted by molar-refractivity contribution is -0.193. The summed E-state index contributed by atoms with van der Waals surface area (Å²) in [7, 11) is 0. The molecule has 1 saturated heterocycles. The number of aliphatic carboxylic acids is 2. The number of hydrogen-bond acceptors (Lipinski definition) is 11. The summed E-state index contributed by atoms with van der Waals surface area (Å²) < 4.78 is 78.0. The molecule has 1 unspecified atom stereocenters. The highest BCUT2D eigenvalue weighted by Crippen LogP contribution is 2.42. The summed E-state index contributed by atoms with van der Waals surface area (Å²) in [5.41, 5.74) is 17.5. The quantitative estimate of drug-likeness (QED) is 0.0991. The van der Waals surface area contributed by atoms with Crippen molar-refractivity contribution in [3.63, 3.8) is 0 Å². The fourth-order valence-electron chi connectivity index (χ4n) is 6.54. The van der Waals surface area contributed by atoms with Crippen LogP contribution >= 0.6 is 0 Å². The maximum atomic E-state index is 14.1. The molecule has 4 heterocycles. The van der Waals surface area contributed by atoms with Crippen LogP contribution in [0.3, 0.4) is 0 Å². The number of carbonyl (C=O) groups is 5. The number of nitrogens with two attached hydrogens (primary N) is 2. The van der Waals surface area contributed by atoms with E-state index >= 15 is 0 Å². The minimum absolute atomic E-state index is 0.0394. The van der Waals surface area contributed by atoms with Crippen LogP contribution in [0.4, 0.5) is 31.1 Å². The van der Waals surface area contributed by atoms with Gasteiger partial charge in [-0.15, -0.1) is 0 Å². The van der Waals surface area contributed by atoms with E-state index in [4.69, 9.17) is 40.7 Å². The minimum Gasteiger partial charge on any atom is -0.475 e. The Bertz CT molecular complexity index is 2210. The molecule has 16 nitrogen and oxygen atoms in total. The van der Waals surface area contributed by atoms with Crippen LogP contribution in [-0.4, -0.2) is 108 Å². The highest BCUT2D eigenvalue weighted by atomic mass is 19.4. The molecule has 4 aromatic rings. The molecule has 59 heavy (non-hydrogen) atoms. The largest absolute Gasteiger partial charge is 0.490 e. The molecule has 6 rings (SSSR count). The molecule has 322 valence electrons. The molecule has 0 radical (unpaired) electrons. The van der Waals surface area contributed by atoms with Crippen LogP contribution in [0.15, 0.2) is 30.7 Å². The number of esters is 1. The predicted molar refractivity (Wildman–Crippen MR) is 196 cm³/mol. The second-order valence-corrected chi connectivity index (χ2v) is 14.5. The Morgan fingerprint density at radius 2 is 1.49 bits per heavy atom. The molecule has 1 amide bonds. The number of carbonyl (C=O) groups excluding carboxylic acids is 3. The molecule has 1 aliphatic heterocycles. The van der Waals surface area contributed by atoms with Crippen LogP contribution in [0, 0.1) is 13.8 Å². The summed E-state index contributed by atoms with van der Waals surface area (Å²) >= 11 is 0. The van der Waals surface area contributed by atoms with Gasteiger partial charge in [0.05, 0.1) is 17.8 Å². The summed E-state index contributed by atoms with van der Waals surface area (Å²) in [5.74, 6) is -6.06. The van der Waals surface area contributed by atoms with Crippen LogP contribution in [0.2, 0.25) is 0 Å². The number of fused-ring (bicyclic) bond motifs is 2. The van der Waals surface area contributed by atoms with Crippen molar-refractivity contribution < 1.29 is 70.0 Å². The van der Waals surface area contributed by atoms with E-state index in [-0.39, 0.29) is 18.4 Å². The number of amides is 1. The highest BCUT2D eigenvalue weighted by molar-refractivity contribution is 6.01. The molecule has 6 N–H and O–H groups in total. The van der Waals surface area contributed by atoms with E-state index < -0.39 is 48.2 Å². The van der Waals surface area contributed by atoms with Crippen LogP contribution in [0.25, 0.3) is 27.8 Å². The number of likely N-dealkylation sites (tertiary alicyclic amines) is 1. The standard InChI is InChI=1S/C33H41N7O5.2C2HF3O2/c1-18(2)28-24-14-23(22-8-12-38(13-9-22)16-27(34)41)6-7-26(24)40(32(43)45-21(5)44-31(42)33(35)10-11-33)29(28)25-15-39-30(36-17-37-39)20(4)19(25)3;2*3-2(4,5)1(6)7/h6-7,14-15,17-18,21-22H,8-13,16,35H2,1-5H3,(H2,34,41);2*(H,6,7). The first kappa shape index (κ1) is 45.9. The van der Waals surface area contributed by atoms with Gasteiger partial charge < -0.3 is 31.2 Å². The van der Waals surface area contributed by atoms with E-state index in [0.29, 0.717) is 30.0 Å². The number of ether oxygens (including phenoxy) is 2. The number of carboxylic acid groups (broad SMARTS) is 2. The number of aromatic nitrogens is 4. The fourth-order valence-corrected chi connectivity index (χ4v) is 6.54. The van der Waals surface area contributed by atoms with Crippen molar-refractivity contribution >= 4 is 46.5 Å². The van der Waals surface area contributed by atoms with Crippen molar-refractivity contribution in [1.29, 1.82) is 0 Å². The molecule has 1 atom stereocenters. The van der Waals surface area contributed by atoms with E-state index in [1.165, 1.54) is 18.8 Å². The van der Waals surface area contributed by atoms with E-state index in [1.807, 2.05) is 26.1 Å². The van der Waals surface area contributed by atoms with Gasteiger partial charge in [-0.05, 0) is 98.8 Å². The number of hydrogen-bond donors (Lipinski definition) is 4. The Morgan fingerprint density at radius 1 is 0.932 bits per heavy atom. The van der Waals surface area contributed by atoms with Crippen molar-refractivity contribution in [2.24, 2.45) is 11.5 Å². The molecule has 1 saturated carbocycles. The van der Waals surface area contributed by atoms with Gasteiger partial charge in [0.25, 0.3) is 0 Å². The Balaban J connectivity index is 0.000000471.